The van der Waals surface area contributed by atoms with Gasteiger partial charge in [-0.05, 0) is 43.9 Å². The number of hydrogen-bond acceptors (Lipinski definition) is 6. The first-order valence-corrected chi connectivity index (χ1v) is 9.14. The predicted molar refractivity (Wildman–Crippen MR) is 104 cm³/mol. The van der Waals surface area contributed by atoms with Crippen molar-refractivity contribution in [1.82, 2.24) is 14.9 Å². The Hall–Kier alpha value is -2.83. The van der Waals surface area contributed by atoms with Crippen molar-refractivity contribution in [2.24, 2.45) is 5.92 Å². The molecule has 0 spiro atoms. The van der Waals surface area contributed by atoms with Crippen LogP contribution in [0.3, 0.4) is 0 Å². The third-order valence-electron chi connectivity index (χ3n) is 4.67. The molecule has 1 aliphatic heterocycles. The molecular weight excluding hydrogens is 344 g/mol. The molecule has 0 saturated carbocycles. The summed E-state index contributed by atoms with van der Waals surface area (Å²) in [6.07, 6.45) is 2.19. The highest BCUT2D eigenvalue weighted by Crippen LogP contribution is 2.30. The van der Waals surface area contributed by atoms with Crippen LogP contribution in [0.15, 0.2) is 24.3 Å². The van der Waals surface area contributed by atoms with Crippen molar-refractivity contribution in [2.75, 3.05) is 32.6 Å². The molecule has 1 aromatic heterocycles. The van der Waals surface area contributed by atoms with Crippen LogP contribution >= 0.6 is 0 Å². The molecule has 1 amide bonds. The quantitative estimate of drug-likeness (QED) is 0.869. The molecule has 0 radical (unpaired) electrons. The number of piperidine rings is 1. The molecule has 3 rings (SSSR count). The van der Waals surface area contributed by atoms with Crippen molar-refractivity contribution >= 4 is 17.5 Å². The Morgan fingerprint density at radius 3 is 2.74 bits per heavy atom. The van der Waals surface area contributed by atoms with Crippen molar-refractivity contribution in [2.45, 2.75) is 26.7 Å². The van der Waals surface area contributed by atoms with Crippen molar-refractivity contribution in [3.8, 4) is 11.5 Å². The summed E-state index contributed by atoms with van der Waals surface area (Å²) < 4.78 is 10.7. The maximum Gasteiger partial charge on any atom is 0.272 e. The van der Waals surface area contributed by atoms with Crippen LogP contribution in [0, 0.1) is 12.8 Å². The van der Waals surface area contributed by atoms with Gasteiger partial charge in [0.05, 0.1) is 19.9 Å². The van der Waals surface area contributed by atoms with Gasteiger partial charge in [-0.15, -0.1) is 0 Å². The third kappa shape index (κ3) is 4.48. The van der Waals surface area contributed by atoms with Crippen LogP contribution in [0.4, 0.5) is 11.6 Å². The maximum atomic E-state index is 12.9. The van der Waals surface area contributed by atoms with E-state index in [-0.39, 0.29) is 5.91 Å². The first-order valence-electron chi connectivity index (χ1n) is 9.14. The van der Waals surface area contributed by atoms with Crippen molar-refractivity contribution in [3.63, 3.8) is 0 Å². The van der Waals surface area contributed by atoms with Gasteiger partial charge in [0.25, 0.3) is 5.91 Å². The number of benzene rings is 1. The predicted octanol–water partition coefficient (Wildman–Crippen LogP) is 3.42. The molecule has 2 heterocycles. The van der Waals surface area contributed by atoms with Gasteiger partial charge in [-0.2, -0.15) is 0 Å². The summed E-state index contributed by atoms with van der Waals surface area (Å²) in [5.74, 6) is 2.15. The van der Waals surface area contributed by atoms with E-state index in [1.54, 1.807) is 32.4 Å². The molecule has 2 aromatic rings. The highest BCUT2D eigenvalue weighted by Gasteiger charge is 2.23. The topological polar surface area (TPSA) is 76.6 Å². The van der Waals surface area contributed by atoms with Gasteiger partial charge in [-0.25, -0.2) is 9.97 Å². The van der Waals surface area contributed by atoms with E-state index >= 15 is 0 Å². The van der Waals surface area contributed by atoms with Gasteiger partial charge in [0.1, 0.15) is 17.2 Å². The number of rotatable bonds is 5. The van der Waals surface area contributed by atoms with Gasteiger partial charge < -0.3 is 19.7 Å². The monoisotopic (exact) mass is 370 g/mol. The molecular formula is C20H26N4O3. The van der Waals surface area contributed by atoms with Crippen LogP contribution in [-0.2, 0) is 0 Å². The van der Waals surface area contributed by atoms with Crippen LogP contribution in [0.25, 0.3) is 0 Å². The van der Waals surface area contributed by atoms with Gasteiger partial charge in [0.15, 0.2) is 0 Å². The van der Waals surface area contributed by atoms with Gasteiger partial charge in [0, 0.05) is 24.8 Å². The maximum absolute atomic E-state index is 12.9. The summed E-state index contributed by atoms with van der Waals surface area (Å²) in [5.41, 5.74) is 1.80. The summed E-state index contributed by atoms with van der Waals surface area (Å²) in [6, 6.07) is 7.15. The van der Waals surface area contributed by atoms with E-state index in [4.69, 9.17) is 9.47 Å². The Labute approximate surface area is 159 Å². The number of hydrogen-bond donors (Lipinski definition) is 1. The smallest absolute Gasteiger partial charge is 0.272 e. The lowest BCUT2D eigenvalue weighted by molar-refractivity contribution is 0.0677. The molecule has 1 aromatic carbocycles. The lowest BCUT2D eigenvalue weighted by atomic mass is 10.00. The minimum Gasteiger partial charge on any atom is -0.497 e. The molecule has 7 heteroatoms. The second kappa shape index (κ2) is 8.24. The number of carbonyl (C=O) groups is 1. The van der Waals surface area contributed by atoms with E-state index in [0.717, 1.165) is 31.6 Å². The fraction of sp³-hybridized carbons (Fsp3) is 0.450. The van der Waals surface area contributed by atoms with E-state index in [1.807, 2.05) is 17.9 Å². The Balaban J connectivity index is 1.86. The lowest BCUT2D eigenvalue weighted by Gasteiger charge is -2.30. The average molecular weight is 370 g/mol. The molecule has 7 nitrogen and oxygen atoms in total. The van der Waals surface area contributed by atoms with Gasteiger partial charge in [-0.1, -0.05) is 6.92 Å². The zero-order valence-corrected chi connectivity index (χ0v) is 16.3. The summed E-state index contributed by atoms with van der Waals surface area (Å²) >= 11 is 0. The number of carbonyl (C=O) groups excluding carboxylic acids is 1. The van der Waals surface area contributed by atoms with Crippen molar-refractivity contribution < 1.29 is 14.3 Å². The molecule has 0 aliphatic carbocycles. The normalized spacial score (nSPS) is 16.7. The Morgan fingerprint density at radius 1 is 1.22 bits per heavy atom. The van der Waals surface area contributed by atoms with Crippen LogP contribution in [0.2, 0.25) is 0 Å². The number of aromatic nitrogens is 2. The number of methoxy groups -OCH3 is 2. The molecule has 1 unspecified atom stereocenters. The molecule has 0 bridgehead atoms. The number of ether oxygens (including phenoxy) is 2. The molecule has 27 heavy (non-hydrogen) atoms. The summed E-state index contributed by atoms with van der Waals surface area (Å²) in [7, 11) is 3.20. The molecule has 1 fully saturated rings. The van der Waals surface area contributed by atoms with Gasteiger partial charge in [0.2, 0.25) is 5.95 Å². The van der Waals surface area contributed by atoms with E-state index in [2.05, 4.69) is 22.2 Å². The minimum atomic E-state index is -0.0484. The second-order valence-corrected chi connectivity index (χ2v) is 6.91. The third-order valence-corrected chi connectivity index (χ3v) is 4.67. The Morgan fingerprint density at radius 2 is 2.04 bits per heavy atom. The number of nitrogens with one attached hydrogen (secondary N) is 1. The summed E-state index contributed by atoms with van der Waals surface area (Å²) in [4.78, 5) is 23.6. The summed E-state index contributed by atoms with van der Waals surface area (Å²) in [6.45, 7) is 5.57. The van der Waals surface area contributed by atoms with Gasteiger partial charge >= 0.3 is 0 Å². The molecule has 1 N–H and O–H groups in total. The highest BCUT2D eigenvalue weighted by molar-refractivity contribution is 5.92. The lowest BCUT2D eigenvalue weighted by Crippen LogP contribution is -2.39. The van der Waals surface area contributed by atoms with Crippen LogP contribution in [-0.4, -0.2) is 48.1 Å². The van der Waals surface area contributed by atoms with E-state index in [9.17, 15) is 4.79 Å². The van der Waals surface area contributed by atoms with E-state index in [0.29, 0.717) is 34.7 Å². The number of anilines is 2. The van der Waals surface area contributed by atoms with Gasteiger partial charge in [-0.3, -0.25) is 4.79 Å². The molecule has 1 aliphatic rings. The van der Waals surface area contributed by atoms with Crippen LogP contribution in [0.5, 0.6) is 11.5 Å². The number of nitrogens with zero attached hydrogens (tertiary/aromatic N) is 3. The fourth-order valence-corrected chi connectivity index (χ4v) is 3.30. The fourth-order valence-electron chi connectivity index (χ4n) is 3.30. The standard InChI is InChI=1S/C20H26N4O3/c1-13-6-5-9-24(12-13)19(25)17-10-14(2)21-20(23-17)22-16-11-15(26-3)7-8-18(16)27-4/h7-8,10-11,13H,5-6,9,12H2,1-4H3,(H,21,22,23). The van der Waals surface area contributed by atoms with Crippen LogP contribution in [0.1, 0.15) is 35.9 Å². The molecule has 1 saturated heterocycles. The van der Waals surface area contributed by atoms with Crippen molar-refractivity contribution in [3.05, 3.63) is 35.7 Å². The summed E-state index contributed by atoms with van der Waals surface area (Å²) in [5, 5.41) is 3.15. The second-order valence-electron chi connectivity index (χ2n) is 6.91. The Bertz CT molecular complexity index is 825. The van der Waals surface area contributed by atoms with E-state index in [1.165, 1.54) is 0 Å². The molecule has 1 atom stereocenters. The average Bonchev–Trinajstić information content (AvgIpc) is 2.66. The van der Waals surface area contributed by atoms with E-state index < -0.39 is 0 Å². The zero-order chi connectivity index (χ0) is 19.4. The Kier molecular flexibility index (Phi) is 5.78. The first-order chi connectivity index (χ1) is 13.0. The number of likely N-dealkylation sites (tertiary alicyclic amines) is 1. The molecule has 144 valence electrons. The van der Waals surface area contributed by atoms with Crippen molar-refractivity contribution in [1.29, 1.82) is 0 Å². The largest absolute Gasteiger partial charge is 0.497 e. The number of amides is 1. The number of aryl methyl sites for hydroxylation is 1. The van der Waals surface area contributed by atoms with Crippen LogP contribution < -0.4 is 14.8 Å². The highest BCUT2D eigenvalue weighted by atomic mass is 16.5. The minimum absolute atomic E-state index is 0.0484. The zero-order valence-electron chi connectivity index (χ0n) is 16.3. The SMILES string of the molecule is COc1ccc(OC)c(Nc2nc(C)cc(C(=O)N3CCCC(C)C3)n2)c1. The first kappa shape index (κ1) is 18.9.